The number of hydrogen-bond donors (Lipinski definition) is 1. The van der Waals surface area contributed by atoms with Crippen LogP contribution in [0.3, 0.4) is 0 Å². The molecule has 1 unspecified atom stereocenters. The summed E-state index contributed by atoms with van der Waals surface area (Å²) in [4.78, 5) is 17.6. The lowest BCUT2D eigenvalue weighted by Crippen LogP contribution is -2.49. The first kappa shape index (κ1) is 28.8. The summed E-state index contributed by atoms with van der Waals surface area (Å²) in [6.07, 6.45) is 1.62. The van der Waals surface area contributed by atoms with E-state index < -0.39 is 0 Å². The van der Waals surface area contributed by atoms with Crippen LogP contribution in [0.2, 0.25) is 15.3 Å². The number of rotatable bonds is 12. The molecule has 0 aliphatic rings. The molecular formula is C26H29Cl3N7O3+. The van der Waals surface area contributed by atoms with E-state index in [9.17, 15) is 4.79 Å². The predicted octanol–water partition coefficient (Wildman–Crippen LogP) is 5.80. The zero-order chi connectivity index (χ0) is 28.2. The molecule has 206 valence electrons. The van der Waals surface area contributed by atoms with E-state index >= 15 is 0 Å². The molecule has 2 aromatic carbocycles. The first-order valence-electron chi connectivity index (χ1n) is 12.2. The number of nitrogens with one attached hydrogen (secondary N) is 1. The van der Waals surface area contributed by atoms with Crippen molar-refractivity contribution in [1.29, 1.82) is 0 Å². The molecule has 0 bridgehead atoms. The summed E-state index contributed by atoms with van der Waals surface area (Å²) in [6.45, 7) is 5.11. The summed E-state index contributed by atoms with van der Waals surface area (Å²) in [7, 11) is 3.03. The number of carbonyl (C=O) groups excluding carboxylic acids is 1. The Hall–Kier alpha value is -3.18. The number of benzene rings is 2. The number of methoxy groups -OCH3 is 2. The zero-order valence-corrected chi connectivity index (χ0v) is 24.3. The van der Waals surface area contributed by atoms with E-state index in [2.05, 4.69) is 39.5 Å². The fraction of sp³-hybridized carbons (Fsp3) is 0.346. The molecule has 4 rings (SSSR count). The van der Waals surface area contributed by atoms with Crippen molar-refractivity contribution in [3.63, 3.8) is 0 Å². The SMILES string of the molecule is COc1ccc([N+](C=O)(CCC(C)C)Cc2nc(Cl)c(Cl)n2Cc2ccccc2-c2nnn[nH]2)c(Cl)c1OC. The largest absolute Gasteiger partial charge is 0.493 e. The van der Waals surface area contributed by atoms with Crippen molar-refractivity contribution in [2.45, 2.75) is 33.4 Å². The molecule has 13 heteroatoms. The number of carbonyl (C=O) groups is 1. The second-order valence-electron chi connectivity index (χ2n) is 9.44. The quantitative estimate of drug-likeness (QED) is 0.163. The lowest BCUT2D eigenvalue weighted by Gasteiger charge is -2.33. The minimum absolute atomic E-state index is 0.136. The highest BCUT2D eigenvalue weighted by Crippen LogP contribution is 2.44. The van der Waals surface area contributed by atoms with E-state index in [4.69, 9.17) is 44.3 Å². The fourth-order valence-electron chi connectivity index (χ4n) is 4.45. The number of H-pyrrole nitrogens is 1. The third kappa shape index (κ3) is 5.89. The number of amides is 1. The Kier molecular flexibility index (Phi) is 9.12. The van der Waals surface area contributed by atoms with Crippen LogP contribution >= 0.6 is 34.8 Å². The third-order valence-corrected chi connectivity index (χ3v) is 7.68. The van der Waals surface area contributed by atoms with E-state index in [0.717, 1.165) is 24.0 Å². The minimum Gasteiger partial charge on any atom is -0.493 e. The van der Waals surface area contributed by atoms with Crippen LogP contribution in [0.5, 0.6) is 11.5 Å². The Morgan fingerprint density at radius 3 is 2.51 bits per heavy atom. The van der Waals surface area contributed by atoms with Crippen molar-refractivity contribution in [3.05, 3.63) is 63.1 Å². The molecule has 1 atom stereocenters. The molecule has 0 saturated carbocycles. The van der Waals surface area contributed by atoms with Gasteiger partial charge < -0.3 is 14.0 Å². The van der Waals surface area contributed by atoms with Gasteiger partial charge in [0.1, 0.15) is 16.7 Å². The Balaban J connectivity index is 1.82. The zero-order valence-electron chi connectivity index (χ0n) is 22.0. The van der Waals surface area contributed by atoms with Gasteiger partial charge in [0.05, 0.1) is 27.3 Å². The van der Waals surface area contributed by atoms with Crippen molar-refractivity contribution >= 4 is 46.9 Å². The number of tetrazole rings is 1. The van der Waals surface area contributed by atoms with Gasteiger partial charge in [-0.1, -0.05) is 72.9 Å². The van der Waals surface area contributed by atoms with Crippen LogP contribution in [0.15, 0.2) is 36.4 Å². The monoisotopic (exact) mass is 592 g/mol. The van der Waals surface area contributed by atoms with Crippen molar-refractivity contribution in [1.82, 2.24) is 34.7 Å². The third-order valence-electron chi connectivity index (χ3n) is 6.57. The van der Waals surface area contributed by atoms with E-state index in [-0.39, 0.29) is 26.4 Å². The molecule has 0 radical (unpaired) electrons. The number of aromatic nitrogens is 6. The summed E-state index contributed by atoms with van der Waals surface area (Å²) in [5, 5.41) is 14.9. The maximum absolute atomic E-state index is 13.0. The van der Waals surface area contributed by atoms with Crippen LogP contribution in [0.1, 0.15) is 31.7 Å². The molecule has 2 heterocycles. The van der Waals surface area contributed by atoms with Gasteiger partial charge in [0.25, 0.3) is 0 Å². The highest BCUT2D eigenvalue weighted by molar-refractivity contribution is 6.40. The standard InChI is InChI=1S/C26H29Cl3N7O3/c1-16(2)11-12-36(15-37,19-9-10-20(38-3)23(39-4)22(19)27)14-21-30-24(28)25(29)35(21)13-17-7-5-6-8-18(17)26-31-33-34-32-26/h5-10,15-16H,11-14H2,1-4H3,(H,31,32,33,34)/q+1. The van der Waals surface area contributed by atoms with Crippen molar-refractivity contribution < 1.29 is 14.3 Å². The van der Waals surface area contributed by atoms with Crippen LogP contribution in [0, 0.1) is 5.92 Å². The molecule has 0 spiro atoms. The second kappa shape index (κ2) is 12.3. The van der Waals surface area contributed by atoms with Gasteiger partial charge in [-0.2, -0.15) is 0 Å². The molecular weight excluding hydrogens is 565 g/mol. The Labute approximate surface area is 241 Å². The van der Waals surface area contributed by atoms with Gasteiger partial charge >= 0.3 is 6.41 Å². The highest BCUT2D eigenvalue weighted by atomic mass is 35.5. The molecule has 1 amide bonds. The van der Waals surface area contributed by atoms with Crippen LogP contribution in [-0.4, -0.2) is 57.3 Å². The molecule has 10 nitrogen and oxygen atoms in total. The normalized spacial score (nSPS) is 12.9. The first-order chi connectivity index (χ1) is 18.7. The predicted molar refractivity (Wildman–Crippen MR) is 151 cm³/mol. The van der Waals surface area contributed by atoms with Gasteiger partial charge in [-0.25, -0.2) is 19.4 Å². The van der Waals surface area contributed by atoms with E-state index in [0.29, 0.717) is 47.8 Å². The molecule has 0 aliphatic carbocycles. The summed E-state index contributed by atoms with van der Waals surface area (Å²) < 4.78 is 12.6. The Bertz CT molecular complexity index is 1440. The van der Waals surface area contributed by atoms with Gasteiger partial charge in [0.2, 0.25) is 0 Å². The molecule has 39 heavy (non-hydrogen) atoms. The minimum atomic E-state index is -0.158. The molecule has 0 fully saturated rings. The summed E-state index contributed by atoms with van der Waals surface area (Å²) in [6, 6.07) is 11.2. The number of hydrogen-bond acceptors (Lipinski definition) is 7. The second-order valence-corrected chi connectivity index (χ2v) is 10.5. The maximum atomic E-state index is 13.0. The summed E-state index contributed by atoms with van der Waals surface area (Å²) in [5.41, 5.74) is 2.23. The van der Waals surface area contributed by atoms with Crippen molar-refractivity contribution in [2.24, 2.45) is 5.92 Å². The van der Waals surface area contributed by atoms with Crippen LogP contribution in [-0.2, 0) is 17.9 Å². The molecule has 2 aromatic heterocycles. The summed E-state index contributed by atoms with van der Waals surface area (Å²) in [5.74, 6) is 2.17. The van der Waals surface area contributed by atoms with Crippen molar-refractivity contribution in [3.8, 4) is 22.9 Å². The maximum Gasteiger partial charge on any atom is 0.306 e. The Morgan fingerprint density at radius 2 is 1.87 bits per heavy atom. The average Bonchev–Trinajstić information content (AvgIpc) is 3.56. The average molecular weight is 594 g/mol. The molecule has 0 aliphatic heterocycles. The van der Waals surface area contributed by atoms with E-state index in [1.54, 1.807) is 16.7 Å². The first-order valence-corrected chi connectivity index (χ1v) is 13.3. The number of ether oxygens (including phenoxy) is 2. The van der Waals surface area contributed by atoms with Crippen LogP contribution in [0.4, 0.5) is 5.69 Å². The van der Waals surface area contributed by atoms with Gasteiger partial charge in [0.15, 0.2) is 34.0 Å². The highest BCUT2D eigenvalue weighted by Gasteiger charge is 2.37. The number of imidazole rings is 1. The fourth-order valence-corrected chi connectivity index (χ4v) is 5.25. The van der Waals surface area contributed by atoms with Gasteiger partial charge in [-0.05, 0) is 34.4 Å². The number of quaternary nitrogens is 1. The van der Waals surface area contributed by atoms with Gasteiger partial charge in [-0.15, -0.1) is 5.10 Å². The number of aromatic amines is 1. The van der Waals surface area contributed by atoms with E-state index in [1.165, 1.54) is 14.2 Å². The summed E-state index contributed by atoms with van der Waals surface area (Å²) >= 11 is 20.0. The van der Waals surface area contributed by atoms with Gasteiger partial charge in [-0.3, -0.25) is 0 Å². The topological polar surface area (TPSA) is 108 Å². The lowest BCUT2D eigenvalue weighted by molar-refractivity contribution is -0.118. The van der Waals surface area contributed by atoms with E-state index in [1.807, 2.05) is 24.3 Å². The molecule has 0 saturated heterocycles. The molecule has 4 aromatic rings. The van der Waals surface area contributed by atoms with Crippen molar-refractivity contribution in [2.75, 3.05) is 20.8 Å². The lowest BCUT2D eigenvalue weighted by atomic mass is 10.1. The molecule has 1 N–H and O–H groups in total. The number of nitrogens with zero attached hydrogens (tertiary/aromatic N) is 6. The number of halogens is 3. The van der Waals surface area contributed by atoms with Gasteiger partial charge in [0, 0.05) is 11.6 Å². The Morgan fingerprint density at radius 1 is 1.10 bits per heavy atom. The van der Waals surface area contributed by atoms with Crippen LogP contribution < -0.4 is 14.0 Å². The smallest absolute Gasteiger partial charge is 0.306 e. The van der Waals surface area contributed by atoms with Crippen LogP contribution in [0.25, 0.3) is 11.4 Å².